The van der Waals surface area contributed by atoms with Crippen molar-refractivity contribution in [2.75, 3.05) is 24.8 Å². The number of hydroxylamine groups is 2. The van der Waals surface area contributed by atoms with Crippen LogP contribution in [-0.4, -0.2) is 58.1 Å². The normalized spacial score (nSPS) is 30.4. The Morgan fingerprint density at radius 3 is 2.50 bits per heavy atom. The summed E-state index contributed by atoms with van der Waals surface area (Å²) in [5, 5.41) is 12.5. The zero-order valence-electron chi connectivity index (χ0n) is 11.0. The first-order valence-corrected chi connectivity index (χ1v) is 8.70. The molecule has 0 aromatic rings. The molecule has 118 valence electrons. The van der Waals surface area contributed by atoms with Crippen molar-refractivity contribution < 1.29 is 19.1 Å². The van der Waals surface area contributed by atoms with Crippen molar-refractivity contribution in [3.8, 4) is 0 Å². The second kappa shape index (κ2) is 7.79. The fourth-order valence-corrected chi connectivity index (χ4v) is 4.79. The molecule has 8 nitrogen and oxygen atoms in total. The van der Waals surface area contributed by atoms with Crippen molar-refractivity contribution in [2.45, 2.75) is 25.6 Å². The first kappa shape index (κ1) is 18.0. The van der Waals surface area contributed by atoms with Gasteiger partial charge in [-0.25, -0.2) is 14.6 Å². The van der Waals surface area contributed by atoms with Gasteiger partial charge < -0.3 is 10.3 Å². The molecule has 1 heterocycles. The minimum absolute atomic E-state index is 0.240. The number of hydrogen-bond acceptors (Lipinski definition) is 4. The highest BCUT2D eigenvalue weighted by atomic mass is 35.5. The van der Waals surface area contributed by atoms with Gasteiger partial charge in [0.05, 0.1) is 6.10 Å². The fourth-order valence-electron chi connectivity index (χ4n) is 1.90. The molecule has 2 amide bonds. The number of nitrogens with one attached hydrogen (secondary N) is 1. The number of carbonyl (C=O) groups is 1. The van der Waals surface area contributed by atoms with Crippen LogP contribution >= 0.6 is 30.9 Å². The second-order valence-corrected chi connectivity index (χ2v) is 7.16. The number of rotatable bonds is 6. The maximum Gasteiger partial charge on any atom is 0.345 e. The quantitative estimate of drug-likeness (QED) is 0.289. The molecule has 1 saturated heterocycles. The molecule has 0 bridgehead atoms. The number of primary amides is 1. The first-order chi connectivity index (χ1) is 9.34. The van der Waals surface area contributed by atoms with E-state index in [1.54, 1.807) is 6.92 Å². The van der Waals surface area contributed by atoms with E-state index in [1.165, 1.54) is 4.67 Å². The van der Waals surface area contributed by atoms with Gasteiger partial charge in [0.2, 0.25) is 0 Å². The third kappa shape index (κ3) is 4.46. The SMILES string of the molecule is CC1CC(N(O)C(N)=O)NP(=O)(N(CCCl)CCCl)O1. The molecule has 20 heavy (non-hydrogen) atoms. The van der Waals surface area contributed by atoms with E-state index in [9.17, 15) is 14.6 Å². The van der Waals surface area contributed by atoms with Crippen LogP contribution in [0.3, 0.4) is 0 Å². The molecule has 3 unspecified atom stereocenters. The topological polar surface area (TPSA) is 108 Å². The minimum atomic E-state index is -3.46. The maximum absolute atomic E-state index is 12.8. The maximum atomic E-state index is 12.8. The molecule has 0 aliphatic carbocycles. The van der Waals surface area contributed by atoms with Crippen LogP contribution in [0, 0.1) is 0 Å². The largest absolute Gasteiger partial charge is 0.350 e. The smallest absolute Gasteiger partial charge is 0.345 e. The predicted molar refractivity (Wildman–Crippen MR) is 75.9 cm³/mol. The van der Waals surface area contributed by atoms with Crippen LogP contribution in [0.4, 0.5) is 4.79 Å². The summed E-state index contributed by atoms with van der Waals surface area (Å²) in [6.45, 7) is 2.27. The van der Waals surface area contributed by atoms with Crippen LogP contribution in [0.25, 0.3) is 0 Å². The van der Waals surface area contributed by atoms with Gasteiger partial charge in [0.15, 0.2) is 0 Å². The predicted octanol–water partition coefficient (Wildman–Crippen LogP) is 1.37. The molecule has 0 aromatic carbocycles. The zero-order valence-corrected chi connectivity index (χ0v) is 13.4. The molecular weight excluding hydrogens is 330 g/mol. The number of nitrogens with two attached hydrogens (primary N) is 1. The summed E-state index contributed by atoms with van der Waals surface area (Å²) in [4.78, 5) is 11.0. The molecule has 3 atom stereocenters. The van der Waals surface area contributed by atoms with Crippen LogP contribution in [-0.2, 0) is 9.09 Å². The average molecular weight is 349 g/mol. The number of urea groups is 1. The highest BCUT2D eigenvalue weighted by molar-refractivity contribution is 7.54. The monoisotopic (exact) mass is 348 g/mol. The Hall–Kier alpha value is -0.0800. The number of carbonyl (C=O) groups excluding carboxylic acids is 1. The van der Waals surface area contributed by atoms with Crippen molar-refractivity contribution in [1.82, 2.24) is 14.8 Å². The van der Waals surface area contributed by atoms with E-state index in [4.69, 9.17) is 33.5 Å². The molecule has 11 heteroatoms. The highest BCUT2D eigenvalue weighted by Crippen LogP contribution is 2.51. The number of alkyl halides is 2. The zero-order chi connectivity index (χ0) is 15.3. The van der Waals surface area contributed by atoms with Gasteiger partial charge in [-0.15, -0.1) is 23.2 Å². The van der Waals surface area contributed by atoms with Crippen molar-refractivity contribution in [3.05, 3.63) is 0 Å². The molecule has 1 aliphatic rings. The van der Waals surface area contributed by atoms with E-state index >= 15 is 0 Å². The van der Waals surface area contributed by atoms with Crippen molar-refractivity contribution in [3.63, 3.8) is 0 Å². The van der Waals surface area contributed by atoms with E-state index < -0.39 is 26.0 Å². The van der Waals surface area contributed by atoms with Crippen LogP contribution in [0.5, 0.6) is 0 Å². The third-order valence-corrected chi connectivity index (χ3v) is 5.52. The van der Waals surface area contributed by atoms with Crippen molar-refractivity contribution in [1.29, 1.82) is 0 Å². The lowest BCUT2D eigenvalue weighted by Gasteiger charge is -2.41. The van der Waals surface area contributed by atoms with E-state index in [-0.39, 0.29) is 18.2 Å². The lowest BCUT2D eigenvalue weighted by molar-refractivity contribution is -0.0956. The van der Waals surface area contributed by atoms with E-state index in [2.05, 4.69) is 5.09 Å². The van der Waals surface area contributed by atoms with Gasteiger partial charge in [0.1, 0.15) is 6.17 Å². The van der Waals surface area contributed by atoms with Gasteiger partial charge in [-0.3, -0.25) is 9.77 Å². The van der Waals surface area contributed by atoms with E-state index in [1.807, 2.05) is 0 Å². The third-order valence-electron chi connectivity index (χ3n) is 2.77. The summed E-state index contributed by atoms with van der Waals surface area (Å²) in [7, 11) is -3.46. The summed E-state index contributed by atoms with van der Waals surface area (Å²) in [6, 6.07) is -1.04. The van der Waals surface area contributed by atoms with Gasteiger partial charge in [-0.2, -0.15) is 5.06 Å². The minimum Gasteiger partial charge on any atom is -0.350 e. The molecule has 0 saturated carbocycles. The van der Waals surface area contributed by atoms with E-state index in [0.29, 0.717) is 18.2 Å². The lowest BCUT2D eigenvalue weighted by Crippen LogP contribution is -2.54. The second-order valence-electron chi connectivity index (χ2n) is 4.33. The van der Waals surface area contributed by atoms with Gasteiger partial charge in [-0.1, -0.05) is 0 Å². The van der Waals surface area contributed by atoms with E-state index in [0.717, 1.165) is 0 Å². The summed E-state index contributed by atoms with van der Waals surface area (Å²) in [6.07, 6.45) is -1.08. The Labute approximate surface area is 127 Å². The Balaban J connectivity index is 2.90. The lowest BCUT2D eigenvalue weighted by atomic mass is 10.2. The summed E-state index contributed by atoms with van der Waals surface area (Å²) in [5.41, 5.74) is 5.00. The van der Waals surface area contributed by atoms with Gasteiger partial charge >= 0.3 is 13.7 Å². The van der Waals surface area contributed by atoms with Crippen LogP contribution in [0.2, 0.25) is 0 Å². The summed E-state index contributed by atoms with van der Waals surface area (Å²) in [5.74, 6) is 0.479. The Morgan fingerprint density at radius 1 is 1.50 bits per heavy atom. The summed E-state index contributed by atoms with van der Waals surface area (Å²) >= 11 is 11.4. The molecule has 0 spiro atoms. The van der Waals surface area contributed by atoms with Gasteiger partial charge in [0.25, 0.3) is 0 Å². The number of hydrogen-bond donors (Lipinski definition) is 3. The molecular formula is C9H19Cl2N4O4P. The van der Waals surface area contributed by atoms with Crippen LogP contribution in [0.1, 0.15) is 13.3 Å². The highest BCUT2D eigenvalue weighted by Gasteiger charge is 2.42. The van der Waals surface area contributed by atoms with Crippen molar-refractivity contribution >= 4 is 36.9 Å². The molecule has 4 N–H and O–H groups in total. The molecule has 1 rings (SSSR count). The number of halogens is 2. The Morgan fingerprint density at radius 2 is 2.05 bits per heavy atom. The standard InChI is InChI=1S/C9H19Cl2N4O4P/c1-7-6-8(15(17)9(12)16)13-20(18,19-7)14(4-2-10)5-3-11/h7-8,17H,2-6H2,1H3,(H2,12,16)(H,13,18). The Bertz CT molecular complexity index is 383. The average Bonchev–Trinajstić information content (AvgIpc) is 2.36. The summed E-state index contributed by atoms with van der Waals surface area (Å²) < 4.78 is 19.8. The fraction of sp³-hybridized carbons (Fsp3) is 0.889. The van der Waals surface area contributed by atoms with Crippen LogP contribution < -0.4 is 10.8 Å². The van der Waals surface area contributed by atoms with Crippen molar-refractivity contribution in [2.24, 2.45) is 5.73 Å². The molecule has 1 fully saturated rings. The van der Waals surface area contributed by atoms with Crippen LogP contribution in [0.15, 0.2) is 0 Å². The number of amides is 2. The Kier molecular flexibility index (Phi) is 7.00. The van der Waals surface area contributed by atoms with Gasteiger partial charge in [0, 0.05) is 31.3 Å². The molecule has 0 radical (unpaired) electrons. The first-order valence-electron chi connectivity index (χ1n) is 6.05. The molecule has 0 aromatic heterocycles. The van der Waals surface area contributed by atoms with Gasteiger partial charge in [-0.05, 0) is 6.92 Å². The number of nitrogens with zero attached hydrogens (tertiary/aromatic N) is 2. The molecule has 1 aliphatic heterocycles.